The van der Waals surface area contributed by atoms with Crippen LogP contribution in [-0.4, -0.2) is 68.3 Å². The number of aliphatic hydroxyl groups is 3. The second-order valence-corrected chi connectivity index (χ2v) is 11.0. The van der Waals surface area contributed by atoms with Gasteiger partial charge in [0.2, 0.25) is 0 Å². The molecule has 1 aliphatic carbocycles. The lowest BCUT2D eigenvalue weighted by Gasteiger charge is -2.41. The molecule has 1 saturated carbocycles. The summed E-state index contributed by atoms with van der Waals surface area (Å²) < 4.78 is 7.92. The molecule has 2 aromatic carbocycles. The number of carbonyl (C=O) groups excluding carboxylic acids is 1. The molecule has 0 amide bonds. The van der Waals surface area contributed by atoms with Crippen LogP contribution in [0, 0.1) is 0 Å². The zero-order valence-corrected chi connectivity index (χ0v) is 22.6. The van der Waals surface area contributed by atoms with Crippen molar-refractivity contribution < 1.29 is 24.9 Å². The molecule has 0 radical (unpaired) electrons. The Morgan fingerprint density at radius 1 is 1.08 bits per heavy atom. The highest BCUT2D eigenvalue weighted by molar-refractivity contribution is 7.80. The molecule has 0 spiro atoms. The first-order chi connectivity index (χ1) is 18.2. The normalized spacial score (nSPS) is 25.3. The Bertz CT molecular complexity index is 1330. The lowest BCUT2D eigenvalue weighted by Crippen LogP contribution is -2.58. The van der Waals surface area contributed by atoms with Gasteiger partial charge in [-0.15, -0.1) is 0 Å². The third kappa shape index (κ3) is 5.73. The van der Waals surface area contributed by atoms with Gasteiger partial charge in [0.1, 0.15) is 30.2 Å². The molecule has 10 heteroatoms. The van der Waals surface area contributed by atoms with Crippen LogP contribution >= 0.6 is 23.8 Å². The van der Waals surface area contributed by atoms with E-state index in [9.17, 15) is 20.1 Å². The number of Topliss-reactive ketones (excluding diaryl/α,β-unsaturated/α-hetero) is 1. The highest BCUT2D eigenvalue weighted by Gasteiger charge is 2.44. The first-order valence-corrected chi connectivity index (χ1v) is 13.6. The minimum absolute atomic E-state index is 0.0609. The number of hydrogen-bond donors (Lipinski definition) is 5. The van der Waals surface area contributed by atoms with E-state index in [4.69, 9.17) is 28.6 Å². The first kappa shape index (κ1) is 27.1. The predicted molar refractivity (Wildman–Crippen MR) is 149 cm³/mol. The Morgan fingerprint density at radius 2 is 1.82 bits per heavy atom. The topological polar surface area (TPSA) is 116 Å². The van der Waals surface area contributed by atoms with E-state index in [0.29, 0.717) is 17.4 Å². The molecule has 0 bridgehead atoms. The van der Waals surface area contributed by atoms with Gasteiger partial charge in [-0.25, -0.2) is 0 Å². The van der Waals surface area contributed by atoms with Gasteiger partial charge in [-0.3, -0.25) is 4.79 Å². The molecular weight excluding hydrogens is 526 g/mol. The quantitative estimate of drug-likeness (QED) is 0.269. The van der Waals surface area contributed by atoms with Crippen LogP contribution in [0.2, 0.25) is 5.02 Å². The molecule has 1 aliphatic heterocycles. The molecule has 8 nitrogen and oxygen atoms in total. The summed E-state index contributed by atoms with van der Waals surface area (Å²) in [6.45, 7) is 1.58. The Hall–Kier alpha value is -2.53. The average Bonchev–Trinajstić information content (AvgIpc) is 3.68. The van der Waals surface area contributed by atoms with E-state index < -0.39 is 30.6 Å². The summed E-state index contributed by atoms with van der Waals surface area (Å²) in [6.07, 6.45) is -1.01. The van der Waals surface area contributed by atoms with Crippen LogP contribution in [0.5, 0.6) is 0 Å². The maximum atomic E-state index is 11.2. The molecule has 3 aromatic rings. The molecule has 1 saturated heterocycles. The lowest BCUT2D eigenvalue weighted by molar-refractivity contribution is -0.241. The highest BCUT2D eigenvalue weighted by atomic mass is 35.5. The third-order valence-corrected chi connectivity index (χ3v) is 7.84. The molecule has 38 heavy (non-hydrogen) atoms. The van der Waals surface area contributed by atoms with Crippen LogP contribution < -0.4 is 10.6 Å². The Balaban J connectivity index is 1.40. The Morgan fingerprint density at radius 3 is 2.50 bits per heavy atom. The van der Waals surface area contributed by atoms with Crippen molar-refractivity contribution in [2.45, 2.75) is 62.7 Å². The van der Waals surface area contributed by atoms with Gasteiger partial charge in [0.25, 0.3) is 0 Å². The van der Waals surface area contributed by atoms with Crippen molar-refractivity contribution in [1.82, 2.24) is 15.2 Å². The first-order valence-electron chi connectivity index (χ1n) is 12.8. The molecular formula is C28H32ClN3O5S. The number of halogens is 1. The van der Waals surface area contributed by atoms with Gasteiger partial charge >= 0.3 is 0 Å². The van der Waals surface area contributed by atoms with Crippen LogP contribution in [0.1, 0.15) is 48.6 Å². The molecule has 5 N–H and O–H groups in total. The standard InChI is InChI=1S/C28H32ClN3O5S/c1-15(33)12-30-28(38)31-13-22-24(34)25(35)26(36)27(37-22)32-14-19(23-20(29)3-2-4-21(23)32)11-16-5-7-17(8-6-16)18-9-10-18/h2-8,14,18,22,24-27,34-36H,9-13H2,1H3,(H2,30,31,38)/t22-,24-,25+,26-,27-/m1/s1. The number of ether oxygens (including phenoxy) is 1. The van der Waals surface area contributed by atoms with Crippen molar-refractivity contribution in [3.63, 3.8) is 0 Å². The molecule has 2 heterocycles. The highest BCUT2D eigenvalue weighted by Crippen LogP contribution is 2.40. The molecule has 5 rings (SSSR count). The fourth-order valence-corrected chi connectivity index (χ4v) is 5.47. The van der Waals surface area contributed by atoms with E-state index in [-0.39, 0.29) is 24.0 Å². The minimum Gasteiger partial charge on any atom is -0.388 e. The summed E-state index contributed by atoms with van der Waals surface area (Å²) in [4.78, 5) is 11.2. The molecule has 0 unspecified atom stereocenters. The van der Waals surface area contributed by atoms with Crippen LogP contribution in [0.25, 0.3) is 10.9 Å². The van der Waals surface area contributed by atoms with Gasteiger partial charge in [-0.05, 0) is 73.1 Å². The predicted octanol–water partition coefficient (Wildman–Crippen LogP) is 2.80. The van der Waals surface area contributed by atoms with Gasteiger partial charge in [0.05, 0.1) is 17.1 Å². The Kier molecular flexibility index (Phi) is 8.04. The van der Waals surface area contributed by atoms with Crippen molar-refractivity contribution in [2.75, 3.05) is 13.1 Å². The Labute approximate surface area is 231 Å². The monoisotopic (exact) mass is 557 g/mol. The summed E-state index contributed by atoms with van der Waals surface area (Å²) in [5.41, 5.74) is 4.23. The van der Waals surface area contributed by atoms with Gasteiger partial charge in [-0.2, -0.15) is 0 Å². The number of nitrogens with zero attached hydrogens (tertiary/aromatic N) is 1. The number of aromatic nitrogens is 1. The zero-order valence-electron chi connectivity index (χ0n) is 21.0. The smallest absolute Gasteiger partial charge is 0.166 e. The number of fused-ring (bicyclic) bond motifs is 1. The van der Waals surface area contributed by atoms with E-state index in [1.165, 1.54) is 25.3 Å². The van der Waals surface area contributed by atoms with Crippen molar-refractivity contribution in [3.8, 4) is 0 Å². The summed E-state index contributed by atoms with van der Waals surface area (Å²) in [6, 6.07) is 14.2. The molecule has 1 aromatic heterocycles. The van der Waals surface area contributed by atoms with E-state index in [0.717, 1.165) is 22.0 Å². The van der Waals surface area contributed by atoms with Crippen molar-refractivity contribution in [3.05, 3.63) is 70.4 Å². The molecule has 2 aliphatic rings. The maximum Gasteiger partial charge on any atom is 0.166 e. The number of thiocarbonyl (C=S) groups is 1. The number of rotatable bonds is 8. The van der Waals surface area contributed by atoms with Crippen molar-refractivity contribution >= 4 is 45.6 Å². The van der Waals surface area contributed by atoms with E-state index in [1.807, 2.05) is 24.4 Å². The van der Waals surface area contributed by atoms with Gasteiger partial charge in [-0.1, -0.05) is 41.9 Å². The summed E-state index contributed by atoms with van der Waals surface area (Å²) >= 11 is 11.8. The van der Waals surface area contributed by atoms with Crippen LogP contribution in [0.3, 0.4) is 0 Å². The zero-order chi connectivity index (χ0) is 27.0. The number of carbonyl (C=O) groups is 1. The van der Waals surface area contributed by atoms with E-state index in [1.54, 1.807) is 4.57 Å². The number of nitrogens with one attached hydrogen (secondary N) is 2. The van der Waals surface area contributed by atoms with E-state index >= 15 is 0 Å². The van der Waals surface area contributed by atoms with Crippen LogP contribution in [0.15, 0.2) is 48.7 Å². The SMILES string of the molecule is CC(=O)CNC(=S)NC[C@H]1O[C@@H](n2cc(Cc3ccc(C4CC4)cc3)c3c(Cl)cccc32)[C@H](O)[C@@H](O)[C@@H]1O. The second kappa shape index (κ2) is 11.3. The largest absolute Gasteiger partial charge is 0.388 e. The average molecular weight is 558 g/mol. The molecule has 202 valence electrons. The summed E-state index contributed by atoms with van der Waals surface area (Å²) in [7, 11) is 0. The number of benzene rings is 2. The fraction of sp³-hybridized carbons (Fsp3) is 0.429. The number of aliphatic hydroxyl groups excluding tert-OH is 3. The van der Waals surface area contributed by atoms with Crippen molar-refractivity contribution in [2.24, 2.45) is 0 Å². The molecule has 2 fully saturated rings. The third-order valence-electron chi connectivity index (χ3n) is 7.23. The van der Waals surface area contributed by atoms with Crippen LogP contribution in [0.4, 0.5) is 0 Å². The summed E-state index contributed by atoms with van der Waals surface area (Å²) in [5.74, 6) is 0.614. The second-order valence-electron chi connectivity index (χ2n) is 10.2. The maximum absolute atomic E-state index is 11.2. The minimum atomic E-state index is -1.45. The summed E-state index contributed by atoms with van der Waals surface area (Å²) in [5, 5.41) is 39.6. The lowest BCUT2D eigenvalue weighted by atomic mass is 9.97. The van der Waals surface area contributed by atoms with Crippen molar-refractivity contribution in [1.29, 1.82) is 0 Å². The van der Waals surface area contributed by atoms with Crippen LogP contribution in [-0.2, 0) is 16.0 Å². The van der Waals surface area contributed by atoms with Gasteiger partial charge < -0.3 is 35.3 Å². The van der Waals surface area contributed by atoms with Gasteiger partial charge in [0.15, 0.2) is 11.3 Å². The fourth-order valence-electron chi connectivity index (χ4n) is 5.03. The van der Waals surface area contributed by atoms with Gasteiger partial charge in [0, 0.05) is 18.1 Å². The number of ketones is 1. The molecule has 5 atom stereocenters. The number of hydrogen-bond acceptors (Lipinski definition) is 6. The van der Waals surface area contributed by atoms with E-state index in [2.05, 4.69) is 34.9 Å².